The molecule has 4 amide bonds. The van der Waals surface area contributed by atoms with Crippen molar-refractivity contribution in [2.24, 2.45) is 17.3 Å². The number of nitrogens with one attached hydrogen (secondary N) is 2. The van der Waals surface area contributed by atoms with Crippen LogP contribution in [0.15, 0.2) is 61.3 Å². The van der Waals surface area contributed by atoms with Crippen LogP contribution in [-0.4, -0.2) is 108 Å². The molecule has 1 aromatic carbocycles. The molecule has 0 spiro atoms. The Morgan fingerprint density at radius 2 is 1.86 bits per heavy atom. The average Bonchev–Trinajstić information content (AvgIpc) is 4.13. The fourth-order valence-corrected chi connectivity index (χ4v) is 9.40. The van der Waals surface area contributed by atoms with Gasteiger partial charge in [0.1, 0.15) is 35.4 Å². The number of ether oxygens (including phenoxy) is 2. The van der Waals surface area contributed by atoms with Crippen molar-refractivity contribution in [2.45, 2.75) is 94.8 Å². The third-order valence-electron chi connectivity index (χ3n) is 11.7. The van der Waals surface area contributed by atoms with Gasteiger partial charge in [-0.3, -0.25) is 28.9 Å². The number of aromatic nitrogens is 2. The highest BCUT2D eigenvalue weighted by Crippen LogP contribution is 2.46. The van der Waals surface area contributed by atoms with Gasteiger partial charge in [0, 0.05) is 49.0 Å². The minimum absolute atomic E-state index is 0.00770. The van der Waals surface area contributed by atoms with Crippen LogP contribution in [0, 0.1) is 17.3 Å². The van der Waals surface area contributed by atoms with Crippen LogP contribution in [-0.2, 0) is 29.2 Å². The van der Waals surface area contributed by atoms with Crippen molar-refractivity contribution in [1.29, 1.82) is 0 Å². The van der Waals surface area contributed by atoms with Gasteiger partial charge in [0.2, 0.25) is 27.7 Å². The van der Waals surface area contributed by atoms with E-state index < -0.39 is 74.1 Å². The van der Waals surface area contributed by atoms with E-state index in [9.17, 15) is 32.0 Å². The first-order valence-electron chi connectivity index (χ1n) is 19.8. The molecule has 2 aromatic heterocycles. The van der Waals surface area contributed by atoms with Crippen LogP contribution in [0.4, 0.5) is 4.39 Å². The molecule has 6 atom stereocenters. The van der Waals surface area contributed by atoms with Gasteiger partial charge in [-0.15, -0.1) is 6.58 Å². The van der Waals surface area contributed by atoms with E-state index in [0.29, 0.717) is 66.0 Å². The SMILES string of the molecule is C=C[C@@H]1C[C@]1(NC(=O)[C@@H]1C[C@@H](Oc2cc(-c3ccccn3)nc3cc(OC)ccc23)CN1C(=O)[C@@H](CC(=O)N1CCCC(F)C1)C(C)(C)C)C(=O)NS(=O)(=O)C1CC1. The number of nitrogens with zero attached hydrogens (tertiary/aromatic N) is 4. The fraction of sp³-hybridized carbons (Fsp3) is 0.524. The quantitative estimate of drug-likeness (QED) is 0.236. The van der Waals surface area contributed by atoms with E-state index >= 15 is 0 Å². The van der Waals surface area contributed by atoms with E-state index in [1.54, 1.807) is 37.6 Å². The summed E-state index contributed by atoms with van der Waals surface area (Å²) < 4.78 is 54.3. The van der Waals surface area contributed by atoms with E-state index in [0.717, 1.165) is 0 Å². The maximum Gasteiger partial charge on any atom is 0.259 e. The number of likely N-dealkylation sites (tertiary alicyclic amines) is 2. The lowest BCUT2D eigenvalue weighted by molar-refractivity contribution is -0.149. The van der Waals surface area contributed by atoms with Gasteiger partial charge in [-0.05, 0) is 61.8 Å². The minimum atomic E-state index is -3.93. The van der Waals surface area contributed by atoms with Crippen LogP contribution in [0.2, 0.25) is 0 Å². The molecule has 310 valence electrons. The zero-order chi connectivity index (χ0) is 41.6. The fourth-order valence-electron chi connectivity index (χ4n) is 8.04. The van der Waals surface area contributed by atoms with E-state index in [1.807, 2.05) is 39.0 Å². The van der Waals surface area contributed by atoms with Crippen molar-refractivity contribution in [3.05, 3.63) is 61.3 Å². The van der Waals surface area contributed by atoms with E-state index in [2.05, 4.69) is 21.6 Å². The van der Waals surface area contributed by atoms with Gasteiger partial charge in [-0.25, -0.2) is 17.8 Å². The lowest BCUT2D eigenvalue weighted by atomic mass is 9.77. The highest BCUT2D eigenvalue weighted by molar-refractivity contribution is 7.91. The van der Waals surface area contributed by atoms with Crippen LogP contribution in [0.3, 0.4) is 0 Å². The summed E-state index contributed by atoms with van der Waals surface area (Å²) in [5, 5.41) is 2.81. The molecular weight excluding hydrogens is 768 g/mol. The van der Waals surface area contributed by atoms with Gasteiger partial charge in [-0.1, -0.05) is 32.9 Å². The normalized spacial score (nSPS) is 25.1. The number of carbonyl (C=O) groups is 4. The molecule has 4 aliphatic rings. The van der Waals surface area contributed by atoms with E-state index in [1.165, 1.54) is 15.9 Å². The Morgan fingerprint density at radius 3 is 2.50 bits per heavy atom. The number of methoxy groups -OCH3 is 1. The molecule has 2 saturated heterocycles. The highest BCUT2D eigenvalue weighted by atomic mass is 32.2. The average molecular weight is 819 g/mol. The number of hydrogen-bond acceptors (Lipinski definition) is 10. The summed E-state index contributed by atoms with van der Waals surface area (Å²) in [6.45, 7) is 9.62. The zero-order valence-corrected chi connectivity index (χ0v) is 34.1. The number of benzene rings is 1. The van der Waals surface area contributed by atoms with Crippen molar-refractivity contribution in [3.8, 4) is 22.9 Å². The van der Waals surface area contributed by atoms with Crippen molar-refractivity contribution >= 4 is 44.6 Å². The first-order valence-corrected chi connectivity index (χ1v) is 21.4. The molecule has 4 heterocycles. The van der Waals surface area contributed by atoms with E-state index in [-0.39, 0.29) is 38.3 Å². The summed E-state index contributed by atoms with van der Waals surface area (Å²) in [5.41, 5.74) is -0.650. The van der Waals surface area contributed by atoms with Crippen molar-refractivity contribution in [3.63, 3.8) is 0 Å². The number of hydrogen-bond donors (Lipinski definition) is 2. The van der Waals surface area contributed by atoms with Gasteiger partial charge in [0.15, 0.2) is 0 Å². The van der Waals surface area contributed by atoms with E-state index in [4.69, 9.17) is 14.5 Å². The third kappa shape index (κ3) is 8.52. The summed E-state index contributed by atoms with van der Waals surface area (Å²) in [6, 6.07) is 11.4. The van der Waals surface area contributed by atoms with Crippen LogP contribution in [0.25, 0.3) is 22.3 Å². The number of rotatable bonds is 13. The molecule has 1 unspecified atom stereocenters. The Kier molecular flexibility index (Phi) is 11.3. The van der Waals surface area contributed by atoms with Gasteiger partial charge in [0.05, 0.1) is 48.3 Å². The molecule has 16 heteroatoms. The molecule has 3 aromatic rings. The number of halogens is 1. The van der Waals surface area contributed by atoms with Crippen LogP contribution >= 0.6 is 0 Å². The largest absolute Gasteiger partial charge is 0.497 e. The molecule has 4 fully saturated rings. The van der Waals surface area contributed by atoms with Crippen molar-refractivity contribution in [2.75, 3.05) is 26.7 Å². The van der Waals surface area contributed by atoms with Gasteiger partial charge < -0.3 is 24.6 Å². The molecule has 14 nitrogen and oxygen atoms in total. The molecule has 2 saturated carbocycles. The number of fused-ring (bicyclic) bond motifs is 1. The number of sulfonamides is 1. The predicted octanol–water partition coefficient (Wildman–Crippen LogP) is 4.34. The second kappa shape index (κ2) is 15.9. The van der Waals surface area contributed by atoms with Gasteiger partial charge in [0.25, 0.3) is 5.91 Å². The molecule has 58 heavy (non-hydrogen) atoms. The summed E-state index contributed by atoms with van der Waals surface area (Å²) >= 11 is 0. The number of piperidine rings is 1. The summed E-state index contributed by atoms with van der Waals surface area (Å²) in [6.07, 6.45) is 3.00. The molecular formula is C42H51FN6O8S. The van der Waals surface area contributed by atoms with Gasteiger partial charge >= 0.3 is 0 Å². The van der Waals surface area contributed by atoms with Crippen LogP contribution in [0.1, 0.15) is 65.7 Å². The maximum absolute atomic E-state index is 14.9. The Bertz CT molecular complexity index is 2210. The Morgan fingerprint density at radius 1 is 1.09 bits per heavy atom. The lowest BCUT2D eigenvalue weighted by Crippen LogP contribution is -2.57. The molecule has 2 aliphatic heterocycles. The number of alkyl halides is 1. The predicted molar refractivity (Wildman–Crippen MR) is 214 cm³/mol. The topological polar surface area (TPSA) is 177 Å². The zero-order valence-electron chi connectivity index (χ0n) is 33.3. The monoisotopic (exact) mass is 818 g/mol. The van der Waals surface area contributed by atoms with Gasteiger partial charge in [-0.2, -0.15) is 0 Å². The van der Waals surface area contributed by atoms with Crippen LogP contribution in [0.5, 0.6) is 11.5 Å². The Hall–Kier alpha value is -5.12. The lowest BCUT2D eigenvalue weighted by Gasteiger charge is -2.37. The number of pyridine rings is 2. The van der Waals surface area contributed by atoms with Crippen molar-refractivity contribution < 1.29 is 41.5 Å². The first kappa shape index (κ1) is 41.1. The molecule has 2 aliphatic carbocycles. The second-order valence-corrected chi connectivity index (χ2v) is 18.9. The maximum atomic E-state index is 14.9. The Labute approximate surface area is 338 Å². The molecule has 0 radical (unpaired) electrons. The first-order chi connectivity index (χ1) is 27.5. The Balaban J connectivity index is 1.21. The molecule has 0 bridgehead atoms. The second-order valence-electron chi connectivity index (χ2n) is 17.0. The van der Waals surface area contributed by atoms with Crippen LogP contribution < -0.4 is 19.5 Å². The minimum Gasteiger partial charge on any atom is -0.497 e. The smallest absolute Gasteiger partial charge is 0.259 e. The molecule has 2 N–H and O–H groups in total. The summed E-state index contributed by atoms with van der Waals surface area (Å²) in [4.78, 5) is 68.8. The van der Waals surface area contributed by atoms with Crippen molar-refractivity contribution in [1.82, 2.24) is 29.8 Å². The molecule has 7 rings (SSSR count). The highest BCUT2D eigenvalue weighted by Gasteiger charge is 2.62. The number of carbonyl (C=O) groups excluding carboxylic acids is 4. The standard InChI is InChI=1S/C42H51FN6O8S/c1-6-25-22-42(25,40(53)47-58(54,55)29-13-14-29)46-38(51)35-19-28(24-49(35)39(52)31(41(2,3)4)20-37(50)48-17-9-10-26(43)23-48)57-36-21-34(32-11-7-8-16-44-32)45-33-18-27(56-5)12-15-30(33)36/h6-8,11-12,15-16,18,21,25-26,28-29,31,35H,1,9-10,13-14,17,19-20,22-24H2,2-5H3,(H,46,51)(H,47,53)/t25-,26?,28-,31-,35+,42-/m1/s1. The third-order valence-corrected chi connectivity index (χ3v) is 13.6. The number of amides is 4. The summed E-state index contributed by atoms with van der Waals surface area (Å²) in [7, 11) is -2.37. The summed E-state index contributed by atoms with van der Waals surface area (Å²) in [5.74, 6) is -2.78.